The first-order chi connectivity index (χ1) is 13.1. The van der Waals surface area contributed by atoms with Gasteiger partial charge >= 0.3 is 5.97 Å². The smallest absolute Gasteiger partial charge is 0.338 e. The van der Waals surface area contributed by atoms with Crippen molar-refractivity contribution >= 4 is 46.0 Å². The molecule has 1 amide bonds. The van der Waals surface area contributed by atoms with Gasteiger partial charge in [0.15, 0.2) is 5.78 Å². The Balaban J connectivity index is 1.48. The molecule has 0 aliphatic rings. The highest BCUT2D eigenvalue weighted by Crippen LogP contribution is 2.16. The van der Waals surface area contributed by atoms with Crippen LogP contribution >= 0.6 is 22.7 Å². The summed E-state index contributed by atoms with van der Waals surface area (Å²) in [4.78, 5) is 37.5. The van der Waals surface area contributed by atoms with E-state index in [-0.39, 0.29) is 18.3 Å². The number of rotatable bonds is 8. The number of thiophene rings is 2. The van der Waals surface area contributed by atoms with Gasteiger partial charge in [0, 0.05) is 12.1 Å². The molecule has 3 rings (SSSR count). The summed E-state index contributed by atoms with van der Waals surface area (Å²) < 4.78 is 5.23. The molecule has 3 aromatic rings. The zero-order chi connectivity index (χ0) is 19.1. The number of esters is 1. The van der Waals surface area contributed by atoms with Gasteiger partial charge in [-0.2, -0.15) is 0 Å². The molecule has 7 heteroatoms. The highest BCUT2D eigenvalue weighted by molar-refractivity contribution is 7.12. The number of ether oxygens (including phenoxy) is 1. The minimum absolute atomic E-state index is 0.0549. The van der Waals surface area contributed by atoms with Crippen molar-refractivity contribution in [1.29, 1.82) is 0 Å². The van der Waals surface area contributed by atoms with Gasteiger partial charge in [0.1, 0.15) is 0 Å². The first-order valence-electron chi connectivity index (χ1n) is 8.32. The summed E-state index contributed by atoms with van der Waals surface area (Å²) in [6.45, 7) is 0.168. The zero-order valence-corrected chi connectivity index (χ0v) is 16.0. The number of hydrogen-bond donors (Lipinski definition) is 1. The van der Waals surface area contributed by atoms with E-state index in [1.165, 1.54) is 22.7 Å². The van der Waals surface area contributed by atoms with Crippen LogP contribution in [0.3, 0.4) is 0 Å². The second kappa shape index (κ2) is 9.25. The van der Waals surface area contributed by atoms with Gasteiger partial charge in [0.05, 0.1) is 21.9 Å². The molecule has 0 bridgehead atoms. The van der Waals surface area contributed by atoms with E-state index in [0.717, 1.165) is 4.88 Å². The molecule has 0 radical (unpaired) electrons. The van der Waals surface area contributed by atoms with Crippen LogP contribution in [0.5, 0.6) is 0 Å². The van der Waals surface area contributed by atoms with Crippen molar-refractivity contribution in [3.63, 3.8) is 0 Å². The van der Waals surface area contributed by atoms with Crippen LogP contribution in [0.2, 0.25) is 0 Å². The highest BCUT2D eigenvalue weighted by atomic mass is 32.1. The Morgan fingerprint density at radius 2 is 1.67 bits per heavy atom. The topological polar surface area (TPSA) is 72.5 Å². The van der Waals surface area contributed by atoms with E-state index in [1.807, 2.05) is 16.8 Å². The van der Waals surface area contributed by atoms with Crippen molar-refractivity contribution in [2.75, 3.05) is 11.9 Å². The largest absolute Gasteiger partial charge is 0.462 e. The molecule has 27 heavy (non-hydrogen) atoms. The number of Topliss-reactive ketones (excluding diaryl/α,β-unsaturated/α-hetero) is 1. The summed E-state index contributed by atoms with van der Waals surface area (Å²) in [5.74, 6) is -0.646. The van der Waals surface area contributed by atoms with E-state index >= 15 is 0 Å². The summed E-state index contributed by atoms with van der Waals surface area (Å²) in [5.41, 5.74) is 0.874. The number of ketones is 1. The van der Waals surface area contributed by atoms with E-state index in [1.54, 1.807) is 42.5 Å². The number of carbonyl (C=O) groups is 3. The van der Waals surface area contributed by atoms with E-state index in [0.29, 0.717) is 29.0 Å². The lowest BCUT2D eigenvalue weighted by Crippen LogP contribution is -2.12. The van der Waals surface area contributed by atoms with Crippen molar-refractivity contribution in [2.45, 2.75) is 12.8 Å². The number of carbonyl (C=O) groups excluding carboxylic acids is 3. The second-order valence-electron chi connectivity index (χ2n) is 5.65. The minimum atomic E-state index is -0.481. The molecule has 0 aliphatic carbocycles. The monoisotopic (exact) mass is 399 g/mol. The Kier molecular flexibility index (Phi) is 6.51. The van der Waals surface area contributed by atoms with E-state index in [4.69, 9.17) is 4.74 Å². The first-order valence-corrected chi connectivity index (χ1v) is 10.1. The summed E-state index contributed by atoms with van der Waals surface area (Å²) >= 11 is 2.75. The fourth-order valence-corrected chi connectivity index (χ4v) is 3.68. The van der Waals surface area contributed by atoms with Crippen molar-refractivity contribution in [2.24, 2.45) is 0 Å². The van der Waals surface area contributed by atoms with Gasteiger partial charge in [0.25, 0.3) is 5.91 Å². The molecule has 2 heterocycles. The van der Waals surface area contributed by atoms with E-state index in [2.05, 4.69) is 5.32 Å². The van der Waals surface area contributed by atoms with Crippen LogP contribution < -0.4 is 5.32 Å². The van der Waals surface area contributed by atoms with E-state index in [9.17, 15) is 14.4 Å². The van der Waals surface area contributed by atoms with Gasteiger partial charge in [-0.05, 0) is 47.5 Å². The summed E-state index contributed by atoms with van der Waals surface area (Å²) in [6.07, 6.45) is 0.808. The van der Waals surface area contributed by atoms with Crippen LogP contribution in [0, 0.1) is 0 Å². The molecule has 0 fully saturated rings. The molecule has 5 nitrogen and oxygen atoms in total. The average Bonchev–Trinajstić information content (AvgIpc) is 3.39. The molecule has 0 spiro atoms. The molecule has 1 N–H and O–H groups in total. The molecule has 138 valence electrons. The fourth-order valence-electron chi connectivity index (χ4n) is 2.37. The molecule has 0 aliphatic heterocycles. The molecule has 2 aromatic heterocycles. The number of nitrogens with one attached hydrogen (secondary N) is 1. The number of anilines is 1. The predicted molar refractivity (Wildman–Crippen MR) is 107 cm³/mol. The Labute approximate surface area is 164 Å². The molecule has 1 aromatic carbocycles. The first kappa shape index (κ1) is 19.0. The maximum Gasteiger partial charge on any atom is 0.338 e. The van der Waals surface area contributed by atoms with Gasteiger partial charge in [-0.3, -0.25) is 9.59 Å². The lowest BCUT2D eigenvalue weighted by atomic mass is 10.2. The van der Waals surface area contributed by atoms with Crippen LogP contribution in [-0.4, -0.2) is 24.3 Å². The van der Waals surface area contributed by atoms with Crippen LogP contribution in [0.25, 0.3) is 0 Å². The van der Waals surface area contributed by atoms with Crippen LogP contribution in [0.4, 0.5) is 5.69 Å². The standard InChI is InChI=1S/C20H17NO4S2/c22-16(17-8-3-11-26-17)7-2-10-25-20(24)14-5-1-6-15(13-14)21-19(23)18-9-4-12-27-18/h1,3-6,8-9,11-13H,2,7,10H2,(H,21,23). The molecular formula is C20H17NO4S2. The number of hydrogen-bond acceptors (Lipinski definition) is 6. The van der Waals surface area contributed by atoms with Gasteiger partial charge in [-0.15, -0.1) is 22.7 Å². The predicted octanol–water partition coefficient (Wildman–Crippen LogP) is 4.88. The van der Waals surface area contributed by atoms with Crippen LogP contribution in [0.15, 0.2) is 59.3 Å². The van der Waals surface area contributed by atoms with Gasteiger partial charge in [-0.25, -0.2) is 4.79 Å². The van der Waals surface area contributed by atoms with Gasteiger partial charge in [-0.1, -0.05) is 18.2 Å². The maximum absolute atomic E-state index is 12.2. The van der Waals surface area contributed by atoms with Crippen LogP contribution in [0.1, 0.15) is 42.5 Å². The lowest BCUT2D eigenvalue weighted by Gasteiger charge is -2.07. The Bertz CT molecular complexity index is 917. The van der Waals surface area contributed by atoms with Crippen molar-refractivity contribution in [3.05, 3.63) is 74.6 Å². The quantitative estimate of drug-likeness (QED) is 0.333. The summed E-state index contributed by atoms with van der Waals surface area (Å²) in [6, 6.07) is 13.7. The molecule has 0 unspecified atom stereocenters. The third kappa shape index (κ3) is 5.35. The fraction of sp³-hybridized carbons (Fsp3) is 0.150. The summed E-state index contributed by atoms with van der Waals surface area (Å²) in [7, 11) is 0. The van der Waals surface area contributed by atoms with Gasteiger partial charge in [0.2, 0.25) is 0 Å². The maximum atomic E-state index is 12.2. The number of amides is 1. The number of benzene rings is 1. The Morgan fingerprint density at radius 1 is 0.926 bits per heavy atom. The third-order valence-electron chi connectivity index (χ3n) is 3.68. The van der Waals surface area contributed by atoms with Crippen molar-refractivity contribution in [1.82, 2.24) is 0 Å². The lowest BCUT2D eigenvalue weighted by molar-refractivity contribution is 0.0494. The van der Waals surface area contributed by atoms with Crippen molar-refractivity contribution in [3.8, 4) is 0 Å². The molecule has 0 saturated carbocycles. The zero-order valence-electron chi connectivity index (χ0n) is 14.3. The molecule has 0 atom stereocenters. The normalized spacial score (nSPS) is 10.4. The summed E-state index contributed by atoms with van der Waals surface area (Å²) in [5, 5.41) is 6.44. The third-order valence-corrected chi connectivity index (χ3v) is 5.46. The molecule has 0 saturated heterocycles. The second-order valence-corrected chi connectivity index (χ2v) is 7.55. The van der Waals surface area contributed by atoms with Gasteiger partial charge < -0.3 is 10.1 Å². The minimum Gasteiger partial charge on any atom is -0.462 e. The van der Waals surface area contributed by atoms with Crippen LogP contribution in [-0.2, 0) is 4.74 Å². The van der Waals surface area contributed by atoms with E-state index < -0.39 is 5.97 Å². The highest BCUT2D eigenvalue weighted by Gasteiger charge is 2.12. The SMILES string of the molecule is O=C(OCCCC(=O)c1cccs1)c1cccc(NC(=O)c2cccs2)c1. The van der Waals surface area contributed by atoms with Crippen molar-refractivity contribution < 1.29 is 19.1 Å². The Hall–Kier alpha value is -2.77. The average molecular weight is 399 g/mol. The molecular weight excluding hydrogens is 382 g/mol. The Morgan fingerprint density at radius 3 is 2.37 bits per heavy atom.